The van der Waals surface area contributed by atoms with Crippen molar-refractivity contribution in [1.29, 1.82) is 0 Å². The van der Waals surface area contributed by atoms with Crippen molar-refractivity contribution in [1.82, 2.24) is 9.55 Å². The van der Waals surface area contributed by atoms with E-state index in [4.69, 9.17) is 0 Å². The van der Waals surface area contributed by atoms with Gasteiger partial charge in [-0.1, -0.05) is 6.92 Å². The highest BCUT2D eigenvalue weighted by Crippen LogP contribution is 2.17. The van der Waals surface area contributed by atoms with E-state index in [2.05, 4.69) is 47.0 Å². The standard InChI is InChI=1S/C13H19N3S/c1-4-7-16-9-10(2)15-13(16)14-8-12-6-5-11(3)17-12/h5-6,9H,4,7-8H2,1-3H3,(H,14,15). The molecule has 92 valence electrons. The molecule has 0 unspecified atom stereocenters. The van der Waals surface area contributed by atoms with E-state index in [9.17, 15) is 0 Å². The van der Waals surface area contributed by atoms with Crippen molar-refractivity contribution in [2.45, 2.75) is 40.3 Å². The highest BCUT2D eigenvalue weighted by atomic mass is 32.1. The van der Waals surface area contributed by atoms with Gasteiger partial charge < -0.3 is 9.88 Å². The lowest BCUT2D eigenvalue weighted by molar-refractivity contribution is 0.682. The van der Waals surface area contributed by atoms with Crippen LogP contribution in [0, 0.1) is 13.8 Å². The van der Waals surface area contributed by atoms with Gasteiger partial charge in [-0.25, -0.2) is 4.98 Å². The summed E-state index contributed by atoms with van der Waals surface area (Å²) in [4.78, 5) is 7.22. The van der Waals surface area contributed by atoms with Crippen LogP contribution in [0.25, 0.3) is 0 Å². The summed E-state index contributed by atoms with van der Waals surface area (Å²) in [6.45, 7) is 8.23. The molecule has 2 rings (SSSR count). The smallest absolute Gasteiger partial charge is 0.203 e. The Morgan fingerprint density at radius 2 is 2.18 bits per heavy atom. The average Bonchev–Trinajstić information content (AvgIpc) is 2.83. The highest BCUT2D eigenvalue weighted by Gasteiger charge is 2.05. The zero-order valence-corrected chi connectivity index (χ0v) is 11.5. The van der Waals surface area contributed by atoms with Crippen LogP contribution in [0.2, 0.25) is 0 Å². The largest absolute Gasteiger partial charge is 0.351 e. The molecular formula is C13H19N3S. The Morgan fingerprint density at radius 3 is 2.82 bits per heavy atom. The molecule has 0 saturated carbocycles. The first-order valence-electron chi connectivity index (χ1n) is 6.02. The lowest BCUT2D eigenvalue weighted by atomic mass is 10.4. The maximum Gasteiger partial charge on any atom is 0.203 e. The summed E-state index contributed by atoms with van der Waals surface area (Å²) in [7, 11) is 0. The Bertz CT molecular complexity index is 485. The molecule has 3 nitrogen and oxygen atoms in total. The van der Waals surface area contributed by atoms with Crippen LogP contribution in [0.3, 0.4) is 0 Å². The van der Waals surface area contributed by atoms with Gasteiger partial charge in [0, 0.05) is 22.5 Å². The minimum atomic E-state index is 0.860. The lowest BCUT2D eigenvalue weighted by Crippen LogP contribution is -2.06. The Labute approximate surface area is 107 Å². The summed E-state index contributed by atoms with van der Waals surface area (Å²) in [5.41, 5.74) is 1.07. The Hall–Kier alpha value is -1.29. The number of nitrogens with zero attached hydrogens (tertiary/aromatic N) is 2. The molecule has 0 saturated heterocycles. The molecule has 0 aliphatic heterocycles. The van der Waals surface area contributed by atoms with E-state index in [0.717, 1.165) is 31.2 Å². The summed E-state index contributed by atoms with van der Waals surface area (Å²) >= 11 is 1.83. The molecule has 4 heteroatoms. The topological polar surface area (TPSA) is 29.9 Å². The maximum absolute atomic E-state index is 4.51. The van der Waals surface area contributed by atoms with Gasteiger partial charge in [-0.2, -0.15) is 0 Å². The van der Waals surface area contributed by atoms with Crippen molar-refractivity contribution < 1.29 is 0 Å². The highest BCUT2D eigenvalue weighted by molar-refractivity contribution is 7.11. The third-order valence-electron chi connectivity index (χ3n) is 2.58. The zero-order chi connectivity index (χ0) is 12.3. The molecule has 0 atom stereocenters. The molecule has 17 heavy (non-hydrogen) atoms. The summed E-state index contributed by atoms with van der Waals surface area (Å²) < 4.78 is 2.19. The molecule has 0 amide bonds. The number of nitrogens with one attached hydrogen (secondary N) is 1. The number of imidazole rings is 1. The molecule has 0 radical (unpaired) electrons. The van der Waals surface area contributed by atoms with E-state index in [1.165, 1.54) is 9.75 Å². The first-order chi connectivity index (χ1) is 8.19. The van der Waals surface area contributed by atoms with Crippen molar-refractivity contribution >= 4 is 17.3 Å². The van der Waals surface area contributed by atoms with Crippen LogP contribution in [-0.2, 0) is 13.1 Å². The maximum atomic E-state index is 4.51. The van der Waals surface area contributed by atoms with Crippen molar-refractivity contribution in [2.24, 2.45) is 0 Å². The predicted octanol–water partition coefficient (Wildman–Crippen LogP) is 3.58. The van der Waals surface area contributed by atoms with Crippen LogP contribution in [0.4, 0.5) is 5.95 Å². The van der Waals surface area contributed by atoms with Crippen molar-refractivity contribution in [3.8, 4) is 0 Å². The normalized spacial score (nSPS) is 10.8. The van der Waals surface area contributed by atoms with Gasteiger partial charge in [0.2, 0.25) is 5.95 Å². The number of hydrogen-bond donors (Lipinski definition) is 1. The third kappa shape index (κ3) is 3.09. The van der Waals surface area contributed by atoms with Gasteiger partial charge in [-0.05, 0) is 32.4 Å². The lowest BCUT2D eigenvalue weighted by Gasteiger charge is -2.07. The number of aryl methyl sites for hydroxylation is 3. The number of hydrogen-bond acceptors (Lipinski definition) is 3. The van der Waals surface area contributed by atoms with E-state index in [1.807, 2.05) is 18.3 Å². The van der Waals surface area contributed by atoms with Gasteiger partial charge in [0.25, 0.3) is 0 Å². The summed E-state index contributed by atoms with van der Waals surface area (Å²) in [5.74, 6) is 0.982. The molecule has 1 N–H and O–H groups in total. The first-order valence-corrected chi connectivity index (χ1v) is 6.83. The van der Waals surface area contributed by atoms with Gasteiger partial charge in [-0.3, -0.25) is 0 Å². The fraction of sp³-hybridized carbons (Fsp3) is 0.462. The molecule has 2 heterocycles. The first kappa shape index (κ1) is 12.2. The van der Waals surface area contributed by atoms with Crippen LogP contribution in [0.15, 0.2) is 18.3 Å². The molecule has 2 aromatic rings. The van der Waals surface area contributed by atoms with E-state index < -0.39 is 0 Å². The second-order valence-electron chi connectivity index (χ2n) is 4.27. The van der Waals surface area contributed by atoms with E-state index in [1.54, 1.807) is 0 Å². The van der Waals surface area contributed by atoms with Gasteiger partial charge >= 0.3 is 0 Å². The molecule has 0 spiro atoms. The average molecular weight is 249 g/mol. The van der Waals surface area contributed by atoms with Crippen LogP contribution < -0.4 is 5.32 Å². The second kappa shape index (κ2) is 5.36. The van der Waals surface area contributed by atoms with Gasteiger partial charge in [0.15, 0.2) is 0 Å². The van der Waals surface area contributed by atoms with Crippen LogP contribution in [-0.4, -0.2) is 9.55 Å². The summed E-state index contributed by atoms with van der Waals surface area (Å²) in [6.07, 6.45) is 3.23. The number of rotatable bonds is 5. The second-order valence-corrected chi connectivity index (χ2v) is 5.64. The Kier molecular flexibility index (Phi) is 3.84. The SMILES string of the molecule is CCCn1cc(C)nc1NCc1ccc(C)s1. The number of aromatic nitrogens is 2. The van der Waals surface area contributed by atoms with Gasteiger partial charge in [0.05, 0.1) is 12.2 Å². The molecule has 0 bridgehead atoms. The molecular weight excluding hydrogens is 230 g/mol. The Balaban J connectivity index is 2.02. The number of thiophene rings is 1. The fourth-order valence-electron chi connectivity index (χ4n) is 1.85. The van der Waals surface area contributed by atoms with Crippen molar-refractivity contribution in [3.05, 3.63) is 33.8 Å². The van der Waals surface area contributed by atoms with Crippen LogP contribution in [0.1, 0.15) is 28.8 Å². The van der Waals surface area contributed by atoms with E-state index in [-0.39, 0.29) is 0 Å². The zero-order valence-electron chi connectivity index (χ0n) is 10.7. The predicted molar refractivity (Wildman–Crippen MR) is 73.6 cm³/mol. The summed E-state index contributed by atoms with van der Waals surface area (Å²) in [6, 6.07) is 4.33. The molecule has 0 aromatic carbocycles. The number of anilines is 1. The van der Waals surface area contributed by atoms with Crippen molar-refractivity contribution in [3.63, 3.8) is 0 Å². The van der Waals surface area contributed by atoms with Crippen LogP contribution >= 0.6 is 11.3 Å². The fourth-order valence-corrected chi connectivity index (χ4v) is 2.68. The van der Waals surface area contributed by atoms with E-state index in [0.29, 0.717) is 0 Å². The molecule has 0 aliphatic rings. The monoisotopic (exact) mass is 249 g/mol. The van der Waals surface area contributed by atoms with E-state index >= 15 is 0 Å². The minimum Gasteiger partial charge on any atom is -0.351 e. The van der Waals surface area contributed by atoms with Gasteiger partial charge in [-0.15, -0.1) is 11.3 Å². The summed E-state index contributed by atoms with van der Waals surface area (Å²) in [5, 5.41) is 3.41. The molecule has 0 aliphatic carbocycles. The molecule has 0 fully saturated rings. The quantitative estimate of drug-likeness (QED) is 0.877. The molecule has 2 aromatic heterocycles. The Morgan fingerprint density at radius 1 is 1.35 bits per heavy atom. The third-order valence-corrected chi connectivity index (χ3v) is 3.58. The van der Waals surface area contributed by atoms with Crippen molar-refractivity contribution in [2.75, 3.05) is 5.32 Å². The van der Waals surface area contributed by atoms with Crippen LogP contribution in [0.5, 0.6) is 0 Å². The minimum absolute atomic E-state index is 0.860. The van der Waals surface area contributed by atoms with Gasteiger partial charge in [0.1, 0.15) is 0 Å².